The van der Waals surface area contributed by atoms with Crippen LogP contribution in [0.4, 0.5) is 5.69 Å². The number of nitriles is 1. The van der Waals surface area contributed by atoms with Gasteiger partial charge in [0, 0.05) is 12.7 Å². The summed E-state index contributed by atoms with van der Waals surface area (Å²) in [5.74, 6) is 0.216. The lowest BCUT2D eigenvalue weighted by Crippen LogP contribution is -2.27. The minimum absolute atomic E-state index is 0.119. The standard InChI is InChI=1S/C23H25N3O5/c1-4-31-23(28)18-7-5-6-8-19(18)26-15-17(14-24)22(27)25-12-11-16-9-10-20(29-2)21(13-16)30-3/h5-10,13,15,26H,4,11-12H2,1-3H3,(H,25,27)/b17-15-. The van der Waals surface area contributed by atoms with E-state index in [2.05, 4.69) is 10.6 Å². The number of hydrogen-bond donors (Lipinski definition) is 2. The van der Waals surface area contributed by atoms with Crippen molar-refractivity contribution in [1.29, 1.82) is 5.26 Å². The van der Waals surface area contributed by atoms with Crippen LogP contribution in [0.5, 0.6) is 11.5 Å². The van der Waals surface area contributed by atoms with Gasteiger partial charge in [-0.05, 0) is 43.2 Å². The van der Waals surface area contributed by atoms with Crippen molar-refractivity contribution in [2.45, 2.75) is 13.3 Å². The predicted molar refractivity (Wildman–Crippen MR) is 116 cm³/mol. The fourth-order valence-corrected chi connectivity index (χ4v) is 2.75. The van der Waals surface area contributed by atoms with E-state index in [1.807, 2.05) is 18.2 Å². The average Bonchev–Trinajstić information content (AvgIpc) is 2.79. The molecule has 0 bridgehead atoms. The highest BCUT2D eigenvalue weighted by molar-refractivity contribution is 5.98. The predicted octanol–water partition coefficient (Wildman–Crippen LogP) is 3.06. The molecule has 0 spiro atoms. The quantitative estimate of drug-likeness (QED) is 0.343. The van der Waals surface area contributed by atoms with E-state index in [9.17, 15) is 14.9 Å². The summed E-state index contributed by atoms with van der Waals surface area (Å²) in [5.41, 5.74) is 1.58. The van der Waals surface area contributed by atoms with Crippen LogP contribution in [0.15, 0.2) is 54.2 Å². The topological polar surface area (TPSA) is 110 Å². The Labute approximate surface area is 181 Å². The Balaban J connectivity index is 1.99. The summed E-state index contributed by atoms with van der Waals surface area (Å²) in [6.45, 7) is 2.29. The molecule has 0 saturated heterocycles. The maximum atomic E-state index is 12.4. The van der Waals surface area contributed by atoms with E-state index in [0.29, 0.717) is 35.7 Å². The third-order valence-corrected chi connectivity index (χ3v) is 4.31. The molecular weight excluding hydrogens is 398 g/mol. The molecule has 0 saturated carbocycles. The van der Waals surface area contributed by atoms with Gasteiger partial charge in [-0.3, -0.25) is 4.79 Å². The van der Waals surface area contributed by atoms with E-state index >= 15 is 0 Å². The van der Waals surface area contributed by atoms with E-state index in [0.717, 1.165) is 5.56 Å². The highest BCUT2D eigenvalue weighted by atomic mass is 16.5. The lowest BCUT2D eigenvalue weighted by Gasteiger charge is -2.10. The minimum Gasteiger partial charge on any atom is -0.493 e. The first kappa shape index (κ1) is 23.3. The van der Waals surface area contributed by atoms with Gasteiger partial charge < -0.3 is 24.8 Å². The highest BCUT2D eigenvalue weighted by Crippen LogP contribution is 2.27. The van der Waals surface area contributed by atoms with E-state index in [1.165, 1.54) is 6.20 Å². The third-order valence-electron chi connectivity index (χ3n) is 4.31. The third kappa shape index (κ3) is 6.51. The Morgan fingerprint density at radius 2 is 1.84 bits per heavy atom. The second-order valence-corrected chi connectivity index (χ2v) is 6.28. The van der Waals surface area contributed by atoms with Gasteiger partial charge in [-0.2, -0.15) is 5.26 Å². The first-order valence-electron chi connectivity index (χ1n) is 9.66. The monoisotopic (exact) mass is 423 g/mol. The molecule has 0 atom stereocenters. The molecule has 8 heteroatoms. The number of esters is 1. The number of amides is 1. The average molecular weight is 423 g/mol. The molecule has 0 fully saturated rings. The molecule has 162 valence electrons. The molecule has 8 nitrogen and oxygen atoms in total. The molecule has 0 aliphatic rings. The van der Waals surface area contributed by atoms with Gasteiger partial charge in [0.15, 0.2) is 11.5 Å². The van der Waals surface area contributed by atoms with Gasteiger partial charge in [-0.1, -0.05) is 18.2 Å². The number of carbonyl (C=O) groups is 2. The van der Waals surface area contributed by atoms with Crippen molar-refractivity contribution in [1.82, 2.24) is 5.32 Å². The maximum absolute atomic E-state index is 12.4. The van der Waals surface area contributed by atoms with Crippen molar-refractivity contribution in [3.63, 3.8) is 0 Å². The highest BCUT2D eigenvalue weighted by Gasteiger charge is 2.13. The second-order valence-electron chi connectivity index (χ2n) is 6.28. The molecule has 31 heavy (non-hydrogen) atoms. The van der Waals surface area contributed by atoms with E-state index in [-0.39, 0.29) is 12.2 Å². The number of methoxy groups -OCH3 is 2. The van der Waals surface area contributed by atoms with Gasteiger partial charge in [0.1, 0.15) is 11.6 Å². The number of benzene rings is 2. The first-order valence-corrected chi connectivity index (χ1v) is 9.66. The smallest absolute Gasteiger partial charge is 0.340 e. The number of para-hydroxylation sites is 1. The normalized spacial score (nSPS) is 10.6. The summed E-state index contributed by atoms with van der Waals surface area (Å²) in [6, 6.07) is 14.1. The van der Waals surface area contributed by atoms with Crippen LogP contribution in [0.1, 0.15) is 22.8 Å². The molecule has 2 aromatic rings. The summed E-state index contributed by atoms with van der Waals surface area (Å²) in [5, 5.41) is 14.9. The number of rotatable bonds is 10. The molecule has 0 unspecified atom stereocenters. The minimum atomic E-state index is -0.524. The maximum Gasteiger partial charge on any atom is 0.340 e. The van der Waals surface area contributed by atoms with Gasteiger partial charge >= 0.3 is 5.97 Å². The molecule has 0 aromatic heterocycles. The van der Waals surface area contributed by atoms with E-state index < -0.39 is 11.9 Å². The first-order chi connectivity index (χ1) is 15.0. The van der Waals surface area contributed by atoms with Crippen LogP contribution in [-0.2, 0) is 16.0 Å². The van der Waals surface area contributed by atoms with Gasteiger partial charge in [0.2, 0.25) is 0 Å². The lowest BCUT2D eigenvalue weighted by molar-refractivity contribution is -0.117. The van der Waals surface area contributed by atoms with Crippen LogP contribution in [0.3, 0.4) is 0 Å². The number of nitrogens with one attached hydrogen (secondary N) is 2. The van der Waals surface area contributed by atoms with Crippen molar-refractivity contribution in [2.24, 2.45) is 0 Å². The van der Waals surface area contributed by atoms with Crippen molar-refractivity contribution < 1.29 is 23.8 Å². The Morgan fingerprint density at radius 3 is 2.52 bits per heavy atom. The molecule has 0 aliphatic heterocycles. The Kier molecular flexibility index (Phi) is 8.92. The fraction of sp³-hybridized carbons (Fsp3) is 0.261. The molecule has 0 heterocycles. The summed E-state index contributed by atoms with van der Waals surface area (Å²) in [4.78, 5) is 24.4. The van der Waals surface area contributed by atoms with Crippen LogP contribution < -0.4 is 20.1 Å². The molecule has 2 N–H and O–H groups in total. The number of carbonyl (C=O) groups excluding carboxylic acids is 2. The fourth-order valence-electron chi connectivity index (χ4n) is 2.75. The number of ether oxygens (including phenoxy) is 3. The van der Waals surface area contributed by atoms with Crippen LogP contribution in [0, 0.1) is 11.3 Å². The molecule has 0 aliphatic carbocycles. The lowest BCUT2D eigenvalue weighted by atomic mass is 10.1. The second kappa shape index (κ2) is 11.9. The molecule has 2 aromatic carbocycles. The van der Waals surface area contributed by atoms with Crippen molar-refractivity contribution in [2.75, 3.05) is 32.7 Å². The van der Waals surface area contributed by atoms with Crippen molar-refractivity contribution >= 4 is 17.6 Å². The number of nitrogens with zero attached hydrogens (tertiary/aromatic N) is 1. The zero-order chi connectivity index (χ0) is 22.6. The van der Waals surface area contributed by atoms with Crippen molar-refractivity contribution in [3.05, 3.63) is 65.4 Å². The number of hydrogen-bond acceptors (Lipinski definition) is 7. The molecular formula is C23H25N3O5. The van der Waals surface area contributed by atoms with Gasteiger partial charge in [0.05, 0.1) is 32.1 Å². The van der Waals surface area contributed by atoms with E-state index in [1.54, 1.807) is 51.5 Å². The van der Waals surface area contributed by atoms with Crippen LogP contribution >= 0.6 is 0 Å². The Morgan fingerprint density at radius 1 is 1.10 bits per heavy atom. The van der Waals surface area contributed by atoms with Crippen LogP contribution in [0.25, 0.3) is 0 Å². The summed E-state index contributed by atoms with van der Waals surface area (Å²) in [6.07, 6.45) is 1.81. The van der Waals surface area contributed by atoms with Gasteiger partial charge in [-0.15, -0.1) is 0 Å². The van der Waals surface area contributed by atoms with Crippen molar-refractivity contribution in [3.8, 4) is 17.6 Å². The van der Waals surface area contributed by atoms with E-state index in [4.69, 9.17) is 14.2 Å². The Hall–Kier alpha value is -3.99. The van der Waals surface area contributed by atoms with Crippen LogP contribution in [0.2, 0.25) is 0 Å². The van der Waals surface area contributed by atoms with Gasteiger partial charge in [-0.25, -0.2) is 4.79 Å². The van der Waals surface area contributed by atoms with Gasteiger partial charge in [0.25, 0.3) is 5.91 Å². The largest absolute Gasteiger partial charge is 0.493 e. The summed E-state index contributed by atoms with van der Waals surface area (Å²) in [7, 11) is 3.12. The summed E-state index contributed by atoms with van der Waals surface area (Å²) < 4.78 is 15.5. The van der Waals surface area contributed by atoms with Crippen LogP contribution in [-0.4, -0.2) is 39.2 Å². The zero-order valence-corrected chi connectivity index (χ0v) is 17.7. The zero-order valence-electron chi connectivity index (χ0n) is 17.7. The SMILES string of the molecule is CCOC(=O)c1ccccc1N/C=C(/C#N)C(=O)NCCc1ccc(OC)c(OC)c1. The molecule has 2 rings (SSSR count). The Bertz CT molecular complexity index is 995. The molecule has 0 radical (unpaired) electrons. The summed E-state index contributed by atoms with van der Waals surface area (Å²) >= 11 is 0. The number of anilines is 1. The molecule has 1 amide bonds.